The highest BCUT2D eigenvalue weighted by Gasteiger charge is 2.16. The van der Waals surface area contributed by atoms with Gasteiger partial charge in [0.05, 0.1) is 31.3 Å². The van der Waals surface area contributed by atoms with E-state index >= 15 is 0 Å². The molecule has 1 heterocycles. The number of aryl methyl sites for hydroxylation is 1. The molecule has 0 unspecified atom stereocenters. The first-order valence-corrected chi connectivity index (χ1v) is 12.3. The zero-order chi connectivity index (χ0) is 24.3. The van der Waals surface area contributed by atoms with Crippen molar-refractivity contribution >= 4 is 23.0 Å². The number of methoxy groups -OCH3 is 1. The molecule has 6 heteroatoms. The number of aromatic nitrogens is 2. The van der Waals surface area contributed by atoms with E-state index in [9.17, 15) is 4.79 Å². The number of rotatable bonds is 13. The molecule has 0 spiro atoms. The molecule has 1 N–H and O–H groups in total. The monoisotopic (exact) mass is 463 g/mol. The van der Waals surface area contributed by atoms with Crippen molar-refractivity contribution in [2.24, 2.45) is 5.92 Å². The lowest BCUT2D eigenvalue weighted by Crippen LogP contribution is -2.30. The fourth-order valence-electron chi connectivity index (χ4n) is 4.13. The second-order valence-electron chi connectivity index (χ2n) is 8.37. The maximum absolute atomic E-state index is 12.5. The quantitative estimate of drug-likeness (QED) is 0.316. The summed E-state index contributed by atoms with van der Waals surface area (Å²) in [4.78, 5) is 17.3. The summed E-state index contributed by atoms with van der Waals surface area (Å²) in [6.45, 7) is 7.96. The Hall–Kier alpha value is -3.28. The number of unbranched alkanes of at least 4 members (excludes halogenated alkanes) is 1. The average molecular weight is 464 g/mol. The molecule has 3 aromatic rings. The third-order valence-corrected chi connectivity index (χ3v) is 6.09. The van der Waals surface area contributed by atoms with Crippen LogP contribution in [0.2, 0.25) is 0 Å². The maximum atomic E-state index is 12.5. The zero-order valence-corrected chi connectivity index (χ0v) is 20.8. The van der Waals surface area contributed by atoms with Crippen LogP contribution in [0.5, 0.6) is 11.5 Å². The van der Waals surface area contributed by atoms with Gasteiger partial charge in [-0.2, -0.15) is 0 Å². The number of amides is 1. The first kappa shape index (κ1) is 25.3. The minimum atomic E-state index is 0.0547. The standard InChI is InChI=1S/C28H37N3O3/c1-5-12-21-15-16-25(26(19-21)33-4)34-18-11-10-17-31-24-14-9-8-13-23(24)30-27(31)20-29-28(32)22(6-2)7-3/h5,8-9,12-16,19,22H,6-7,10-11,17-18,20H2,1-4H3,(H,29,32)/b12-5+. The highest BCUT2D eigenvalue weighted by atomic mass is 16.5. The van der Waals surface area contributed by atoms with Crippen LogP contribution >= 0.6 is 0 Å². The Labute approximate surface area is 203 Å². The van der Waals surface area contributed by atoms with E-state index in [0.29, 0.717) is 13.2 Å². The largest absolute Gasteiger partial charge is 0.493 e. The summed E-state index contributed by atoms with van der Waals surface area (Å²) in [6.07, 6.45) is 7.56. The number of allylic oxidation sites excluding steroid dienone is 1. The van der Waals surface area contributed by atoms with Crippen molar-refractivity contribution in [2.75, 3.05) is 13.7 Å². The summed E-state index contributed by atoms with van der Waals surface area (Å²) < 4.78 is 13.7. The van der Waals surface area contributed by atoms with Crippen LogP contribution in [0.4, 0.5) is 0 Å². The fourth-order valence-corrected chi connectivity index (χ4v) is 4.13. The van der Waals surface area contributed by atoms with Gasteiger partial charge in [0.1, 0.15) is 5.82 Å². The van der Waals surface area contributed by atoms with Crippen molar-refractivity contribution < 1.29 is 14.3 Å². The zero-order valence-electron chi connectivity index (χ0n) is 20.8. The lowest BCUT2D eigenvalue weighted by Gasteiger charge is -2.14. The molecular weight excluding hydrogens is 426 g/mol. The Morgan fingerprint density at radius 1 is 1.12 bits per heavy atom. The van der Waals surface area contributed by atoms with Gasteiger partial charge in [0.2, 0.25) is 5.91 Å². The van der Waals surface area contributed by atoms with Gasteiger partial charge in [-0.15, -0.1) is 0 Å². The number of nitrogens with zero attached hydrogens (tertiary/aromatic N) is 2. The van der Waals surface area contributed by atoms with Gasteiger partial charge in [-0.05, 0) is 62.4 Å². The summed E-state index contributed by atoms with van der Waals surface area (Å²) in [5.41, 5.74) is 3.13. The Bertz CT molecular complexity index is 1100. The van der Waals surface area contributed by atoms with E-state index in [2.05, 4.69) is 29.8 Å². The molecule has 2 aromatic carbocycles. The van der Waals surface area contributed by atoms with Crippen LogP contribution in [0.1, 0.15) is 57.8 Å². The molecule has 1 amide bonds. The third-order valence-electron chi connectivity index (χ3n) is 6.09. The van der Waals surface area contributed by atoms with Crippen LogP contribution in [0.3, 0.4) is 0 Å². The van der Waals surface area contributed by atoms with Crippen LogP contribution in [0, 0.1) is 5.92 Å². The van der Waals surface area contributed by atoms with Crippen molar-refractivity contribution in [1.29, 1.82) is 0 Å². The van der Waals surface area contributed by atoms with Gasteiger partial charge in [-0.1, -0.05) is 44.2 Å². The number of hydrogen-bond acceptors (Lipinski definition) is 4. The smallest absolute Gasteiger partial charge is 0.223 e. The van der Waals surface area contributed by atoms with Crippen LogP contribution < -0.4 is 14.8 Å². The molecule has 0 fully saturated rings. The van der Waals surface area contributed by atoms with Gasteiger partial charge in [0, 0.05) is 12.5 Å². The molecule has 0 saturated heterocycles. The summed E-state index contributed by atoms with van der Waals surface area (Å²) in [5, 5.41) is 3.09. The Morgan fingerprint density at radius 2 is 1.91 bits per heavy atom. The highest BCUT2D eigenvalue weighted by molar-refractivity contribution is 5.79. The molecule has 3 rings (SSSR count). The molecule has 0 atom stereocenters. The van der Waals surface area contributed by atoms with E-state index in [1.54, 1.807) is 7.11 Å². The molecule has 0 aliphatic heterocycles. The lowest BCUT2D eigenvalue weighted by molar-refractivity contribution is -0.125. The number of benzene rings is 2. The van der Waals surface area contributed by atoms with Crippen molar-refractivity contribution in [1.82, 2.24) is 14.9 Å². The first-order chi connectivity index (χ1) is 16.6. The predicted molar refractivity (Wildman–Crippen MR) is 138 cm³/mol. The van der Waals surface area contributed by atoms with Gasteiger partial charge in [0.25, 0.3) is 0 Å². The van der Waals surface area contributed by atoms with Crippen LogP contribution in [-0.4, -0.2) is 29.2 Å². The molecule has 6 nitrogen and oxygen atoms in total. The van der Waals surface area contributed by atoms with Crippen molar-refractivity contribution in [2.45, 2.75) is 59.5 Å². The minimum Gasteiger partial charge on any atom is -0.493 e. The summed E-state index contributed by atoms with van der Waals surface area (Å²) in [7, 11) is 1.66. The van der Waals surface area contributed by atoms with Crippen LogP contribution in [0.25, 0.3) is 17.1 Å². The molecule has 182 valence electrons. The van der Waals surface area contributed by atoms with E-state index < -0.39 is 0 Å². The average Bonchev–Trinajstić information content (AvgIpc) is 3.21. The van der Waals surface area contributed by atoms with Gasteiger partial charge in [-0.3, -0.25) is 4.79 Å². The summed E-state index contributed by atoms with van der Waals surface area (Å²) in [5.74, 6) is 2.55. The van der Waals surface area contributed by atoms with Crippen LogP contribution in [-0.2, 0) is 17.9 Å². The molecule has 0 radical (unpaired) electrons. The lowest BCUT2D eigenvalue weighted by atomic mass is 10.0. The predicted octanol–water partition coefficient (Wildman–Crippen LogP) is 5.99. The number of carbonyl (C=O) groups is 1. The third kappa shape index (κ3) is 6.40. The molecule has 1 aromatic heterocycles. The van der Waals surface area contributed by atoms with Crippen molar-refractivity contribution in [3.05, 3.63) is 59.9 Å². The molecule has 0 bridgehead atoms. The van der Waals surface area contributed by atoms with Gasteiger partial charge < -0.3 is 19.4 Å². The van der Waals surface area contributed by atoms with Gasteiger partial charge in [-0.25, -0.2) is 4.98 Å². The Balaban J connectivity index is 1.59. The van der Waals surface area contributed by atoms with Crippen LogP contribution in [0.15, 0.2) is 48.5 Å². The number of nitrogens with one attached hydrogen (secondary N) is 1. The van der Waals surface area contributed by atoms with E-state index in [0.717, 1.165) is 66.1 Å². The first-order valence-electron chi connectivity index (χ1n) is 12.3. The molecular formula is C28H37N3O3. The Kier molecular flexibility index (Phi) is 9.56. The molecule has 0 aliphatic carbocycles. The van der Waals surface area contributed by atoms with Gasteiger partial charge >= 0.3 is 0 Å². The number of para-hydroxylation sites is 2. The normalized spacial score (nSPS) is 11.4. The fraction of sp³-hybridized carbons (Fsp3) is 0.429. The van der Waals surface area contributed by atoms with Crippen molar-refractivity contribution in [3.8, 4) is 11.5 Å². The van der Waals surface area contributed by atoms with E-state index in [-0.39, 0.29) is 11.8 Å². The Morgan fingerprint density at radius 3 is 2.65 bits per heavy atom. The summed E-state index contributed by atoms with van der Waals surface area (Å²) >= 11 is 0. The van der Waals surface area contributed by atoms with E-state index in [4.69, 9.17) is 14.5 Å². The molecule has 34 heavy (non-hydrogen) atoms. The second kappa shape index (κ2) is 12.8. The number of hydrogen-bond donors (Lipinski definition) is 1. The topological polar surface area (TPSA) is 65.4 Å². The molecule has 0 saturated carbocycles. The van der Waals surface area contributed by atoms with Crippen molar-refractivity contribution in [3.63, 3.8) is 0 Å². The number of fused-ring (bicyclic) bond motifs is 1. The van der Waals surface area contributed by atoms with E-state index in [1.165, 1.54) is 0 Å². The second-order valence-corrected chi connectivity index (χ2v) is 8.37. The number of ether oxygens (including phenoxy) is 2. The number of imidazole rings is 1. The van der Waals surface area contributed by atoms with Gasteiger partial charge in [0.15, 0.2) is 11.5 Å². The minimum absolute atomic E-state index is 0.0547. The number of carbonyl (C=O) groups excluding carboxylic acids is 1. The van der Waals surface area contributed by atoms with E-state index in [1.807, 2.05) is 55.5 Å². The summed E-state index contributed by atoms with van der Waals surface area (Å²) in [6, 6.07) is 14.1. The molecule has 0 aliphatic rings. The highest BCUT2D eigenvalue weighted by Crippen LogP contribution is 2.29. The SMILES string of the molecule is C/C=C/c1ccc(OCCCCn2c(CNC(=O)C(CC)CC)nc3ccccc32)c(OC)c1. The maximum Gasteiger partial charge on any atom is 0.223 e.